The summed E-state index contributed by atoms with van der Waals surface area (Å²) in [6.07, 6.45) is 0. The Labute approximate surface area is 85.3 Å². The van der Waals surface area contributed by atoms with Crippen LogP contribution in [0.4, 0.5) is 8.78 Å². The first-order chi connectivity index (χ1) is 6.98. The van der Waals surface area contributed by atoms with Crippen molar-refractivity contribution in [3.63, 3.8) is 0 Å². The second-order valence-corrected chi connectivity index (χ2v) is 2.84. The first-order valence-electron chi connectivity index (χ1n) is 4.33. The van der Waals surface area contributed by atoms with E-state index in [4.69, 9.17) is 9.84 Å². The first kappa shape index (κ1) is 11.4. The molecule has 1 rings (SSSR count). The Hall–Kier alpha value is -1.65. The van der Waals surface area contributed by atoms with E-state index in [0.29, 0.717) is 6.61 Å². The van der Waals surface area contributed by atoms with Gasteiger partial charge in [0.05, 0.1) is 6.61 Å². The molecule has 1 aromatic carbocycles. The van der Waals surface area contributed by atoms with Gasteiger partial charge in [0.2, 0.25) is 0 Å². The van der Waals surface area contributed by atoms with E-state index in [9.17, 15) is 13.6 Å². The van der Waals surface area contributed by atoms with Crippen LogP contribution in [-0.2, 0) is 10.7 Å². The molecule has 0 amide bonds. The van der Waals surface area contributed by atoms with E-state index in [1.54, 1.807) is 6.92 Å². The lowest BCUT2D eigenvalue weighted by Crippen LogP contribution is -2.25. The van der Waals surface area contributed by atoms with E-state index >= 15 is 0 Å². The third kappa shape index (κ3) is 2.43. The van der Waals surface area contributed by atoms with Gasteiger partial charge in [-0.05, 0) is 19.1 Å². The van der Waals surface area contributed by atoms with Gasteiger partial charge >= 0.3 is 11.9 Å². The van der Waals surface area contributed by atoms with Gasteiger partial charge in [-0.1, -0.05) is 12.1 Å². The van der Waals surface area contributed by atoms with Gasteiger partial charge in [0, 0.05) is 5.56 Å². The number of carbonyl (C=O) groups is 1. The average molecular weight is 216 g/mol. The maximum Gasteiger partial charge on any atom is 0.379 e. The molecule has 0 aliphatic heterocycles. The molecule has 0 aliphatic carbocycles. The lowest BCUT2D eigenvalue weighted by atomic mass is 10.1. The molecule has 3 nitrogen and oxygen atoms in total. The van der Waals surface area contributed by atoms with Crippen LogP contribution < -0.4 is 4.74 Å². The van der Waals surface area contributed by atoms with Crippen molar-refractivity contribution in [1.82, 2.24) is 0 Å². The predicted octanol–water partition coefficient (Wildman–Crippen LogP) is 2.26. The number of benzene rings is 1. The molecule has 0 saturated heterocycles. The summed E-state index contributed by atoms with van der Waals surface area (Å²) in [5.74, 6) is -5.82. The van der Waals surface area contributed by atoms with Gasteiger partial charge in [0.15, 0.2) is 0 Å². The van der Waals surface area contributed by atoms with Crippen molar-refractivity contribution in [1.29, 1.82) is 0 Å². The maximum atomic E-state index is 13.0. The highest BCUT2D eigenvalue weighted by molar-refractivity contribution is 5.77. The molecule has 0 radical (unpaired) electrons. The molecule has 5 heteroatoms. The fourth-order valence-corrected chi connectivity index (χ4v) is 1.07. The van der Waals surface area contributed by atoms with Crippen LogP contribution in [0.3, 0.4) is 0 Å². The second-order valence-electron chi connectivity index (χ2n) is 2.84. The molecular weight excluding hydrogens is 206 g/mol. The van der Waals surface area contributed by atoms with Gasteiger partial charge in [-0.25, -0.2) is 4.79 Å². The Kier molecular flexibility index (Phi) is 3.24. The van der Waals surface area contributed by atoms with E-state index in [2.05, 4.69) is 0 Å². The molecule has 0 fully saturated rings. The van der Waals surface area contributed by atoms with Crippen LogP contribution in [0.25, 0.3) is 0 Å². The van der Waals surface area contributed by atoms with Crippen molar-refractivity contribution >= 4 is 5.97 Å². The van der Waals surface area contributed by atoms with Gasteiger partial charge in [-0.3, -0.25) is 0 Å². The zero-order valence-corrected chi connectivity index (χ0v) is 8.04. The number of hydrogen-bond acceptors (Lipinski definition) is 2. The Morgan fingerprint density at radius 2 is 2.20 bits per heavy atom. The molecule has 0 aromatic heterocycles. The second kappa shape index (κ2) is 4.25. The quantitative estimate of drug-likeness (QED) is 0.839. The Morgan fingerprint density at radius 3 is 2.73 bits per heavy atom. The van der Waals surface area contributed by atoms with Crippen molar-refractivity contribution in [3.05, 3.63) is 29.8 Å². The number of rotatable bonds is 4. The fourth-order valence-electron chi connectivity index (χ4n) is 1.07. The fraction of sp³-hybridized carbons (Fsp3) is 0.300. The number of ether oxygens (including phenoxy) is 1. The van der Waals surface area contributed by atoms with Crippen molar-refractivity contribution in [2.45, 2.75) is 12.8 Å². The lowest BCUT2D eigenvalue weighted by molar-refractivity contribution is -0.166. The predicted molar refractivity (Wildman–Crippen MR) is 49.1 cm³/mol. The molecule has 1 aromatic rings. The van der Waals surface area contributed by atoms with Crippen LogP contribution >= 0.6 is 0 Å². The average Bonchev–Trinajstić information content (AvgIpc) is 2.18. The summed E-state index contributed by atoms with van der Waals surface area (Å²) in [6, 6.07) is 4.90. The van der Waals surface area contributed by atoms with Gasteiger partial charge in [-0.15, -0.1) is 0 Å². The van der Waals surface area contributed by atoms with E-state index in [1.807, 2.05) is 0 Å². The number of hydrogen-bond donors (Lipinski definition) is 1. The van der Waals surface area contributed by atoms with Gasteiger partial charge in [0.25, 0.3) is 0 Å². The Balaban J connectivity index is 3.04. The number of aliphatic carboxylic acids is 1. The Bertz CT molecular complexity index is 363. The van der Waals surface area contributed by atoms with E-state index in [-0.39, 0.29) is 5.75 Å². The van der Waals surface area contributed by atoms with Crippen LogP contribution in [0.1, 0.15) is 12.5 Å². The van der Waals surface area contributed by atoms with Crippen LogP contribution in [0, 0.1) is 0 Å². The zero-order valence-electron chi connectivity index (χ0n) is 8.04. The maximum absolute atomic E-state index is 13.0. The Morgan fingerprint density at radius 1 is 1.53 bits per heavy atom. The molecule has 0 saturated carbocycles. The molecule has 0 atom stereocenters. The largest absolute Gasteiger partial charge is 0.494 e. The minimum Gasteiger partial charge on any atom is -0.494 e. The van der Waals surface area contributed by atoms with Crippen molar-refractivity contribution in [2.75, 3.05) is 6.61 Å². The van der Waals surface area contributed by atoms with Gasteiger partial charge in [0.1, 0.15) is 5.75 Å². The van der Waals surface area contributed by atoms with Gasteiger partial charge in [-0.2, -0.15) is 8.78 Å². The van der Waals surface area contributed by atoms with Crippen LogP contribution in [0.2, 0.25) is 0 Å². The molecule has 1 N–H and O–H groups in total. The minimum absolute atomic E-state index is 0.232. The SMILES string of the molecule is CCOc1cccc(C(F)(F)C(=O)O)c1. The number of alkyl halides is 2. The smallest absolute Gasteiger partial charge is 0.379 e. The summed E-state index contributed by atoms with van der Waals surface area (Å²) >= 11 is 0. The van der Waals surface area contributed by atoms with Crippen LogP contribution in [0.15, 0.2) is 24.3 Å². The highest BCUT2D eigenvalue weighted by atomic mass is 19.3. The summed E-state index contributed by atoms with van der Waals surface area (Å²) in [4.78, 5) is 10.3. The molecule has 0 aliphatic rings. The highest BCUT2D eigenvalue weighted by Crippen LogP contribution is 2.30. The summed E-state index contributed by atoms with van der Waals surface area (Å²) in [5, 5.41) is 8.32. The third-order valence-electron chi connectivity index (χ3n) is 1.78. The molecular formula is C10H10F2O3. The summed E-state index contributed by atoms with van der Waals surface area (Å²) in [6.45, 7) is 2.05. The van der Waals surface area contributed by atoms with Crippen molar-refractivity contribution in [3.8, 4) is 5.75 Å². The minimum atomic E-state index is -3.88. The zero-order chi connectivity index (χ0) is 11.5. The lowest BCUT2D eigenvalue weighted by Gasteiger charge is -2.12. The molecule has 0 spiro atoms. The van der Waals surface area contributed by atoms with Crippen LogP contribution in [0.5, 0.6) is 5.75 Å². The number of halogens is 2. The molecule has 15 heavy (non-hydrogen) atoms. The molecule has 0 unspecified atom stereocenters. The van der Waals surface area contributed by atoms with Crippen molar-refractivity contribution in [2.24, 2.45) is 0 Å². The molecule has 82 valence electrons. The number of carboxylic acid groups (broad SMARTS) is 1. The topological polar surface area (TPSA) is 46.5 Å². The van der Waals surface area contributed by atoms with Crippen LogP contribution in [-0.4, -0.2) is 17.7 Å². The normalized spacial score (nSPS) is 11.1. The van der Waals surface area contributed by atoms with E-state index < -0.39 is 17.5 Å². The number of carboxylic acids is 1. The van der Waals surface area contributed by atoms with E-state index in [1.165, 1.54) is 12.1 Å². The third-order valence-corrected chi connectivity index (χ3v) is 1.78. The summed E-state index contributed by atoms with van der Waals surface area (Å²) in [5.41, 5.74) is -0.582. The highest BCUT2D eigenvalue weighted by Gasteiger charge is 2.41. The first-order valence-corrected chi connectivity index (χ1v) is 4.33. The summed E-state index contributed by atoms with van der Waals surface area (Å²) < 4.78 is 31.1. The van der Waals surface area contributed by atoms with Crippen molar-refractivity contribution < 1.29 is 23.4 Å². The monoisotopic (exact) mass is 216 g/mol. The molecule has 0 heterocycles. The standard InChI is InChI=1S/C10H10F2O3/c1-2-15-8-5-3-4-7(6-8)10(11,12)9(13)14/h3-6H,2H2,1H3,(H,13,14). The summed E-state index contributed by atoms with van der Waals surface area (Å²) in [7, 11) is 0. The van der Waals surface area contributed by atoms with Gasteiger partial charge < -0.3 is 9.84 Å². The van der Waals surface area contributed by atoms with E-state index in [0.717, 1.165) is 12.1 Å². The molecule has 0 bridgehead atoms.